The van der Waals surface area contributed by atoms with Gasteiger partial charge in [-0.1, -0.05) is 25.8 Å². The lowest BCUT2D eigenvalue weighted by Gasteiger charge is -2.04. The van der Waals surface area contributed by atoms with Crippen molar-refractivity contribution < 1.29 is 10.0 Å². The molecule has 1 aromatic heterocycles. The summed E-state index contributed by atoms with van der Waals surface area (Å²) in [5.74, 6) is 0. The van der Waals surface area contributed by atoms with Gasteiger partial charge in [0.25, 0.3) is 0 Å². The average molecular weight is 221 g/mol. The molecule has 0 unspecified atom stereocenters. The Balaban J connectivity index is 0.00000225. The van der Waals surface area contributed by atoms with Crippen LogP contribution in [0.4, 0.5) is 0 Å². The average Bonchev–Trinajstić information content (AvgIpc) is 2.26. The molecule has 1 aromatic rings. The van der Waals surface area contributed by atoms with Gasteiger partial charge >= 0.3 is 0 Å². The molecule has 0 bridgehead atoms. The highest BCUT2D eigenvalue weighted by atomic mass is 16.0. The fraction of sp³-hybridized carbons (Fsp3) is 0.500. The Hall–Kier alpha value is -1.15. The van der Waals surface area contributed by atoms with Crippen LogP contribution in [0, 0.1) is 0 Å². The van der Waals surface area contributed by atoms with Crippen LogP contribution in [0.5, 0.6) is 0 Å². The van der Waals surface area contributed by atoms with E-state index in [1.807, 2.05) is 0 Å². The maximum atomic E-state index is 2.25. The first-order valence-electron chi connectivity index (χ1n) is 5.89. The summed E-state index contributed by atoms with van der Waals surface area (Å²) >= 11 is 0. The Morgan fingerprint density at radius 1 is 1.31 bits per heavy atom. The van der Waals surface area contributed by atoms with E-state index in [4.69, 9.17) is 0 Å². The molecule has 0 aliphatic rings. The molecule has 0 saturated carbocycles. The molecular weight excluding hydrogens is 198 g/mol. The predicted molar refractivity (Wildman–Crippen MR) is 67.3 cm³/mol. The van der Waals surface area contributed by atoms with E-state index < -0.39 is 0 Å². The fourth-order valence-corrected chi connectivity index (χ4v) is 1.84. The van der Waals surface area contributed by atoms with Crippen molar-refractivity contribution in [1.82, 2.24) is 0 Å². The molecule has 0 aromatic carbocycles. The molecule has 2 nitrogen and oxygen atoms in total. The molecule has 0 atom stereocenters. The first-order valence-corrected chi connectivity index (χ1v) is 5.89. The van der Waals surface area contributed by atoms with Crippen molar-refractivity contribution in [3.63, 3.8) is 0 Å². The highest BCUT2D eigenvalue weighted by molar-refractivity contribution is 5.59. The Morgan fingerprint density at radius 2 is 2.06 bits per heavy atom. The Kier molecular flexibility index (Phi) is 7.48. The summed E-state index contributed by atoms with van der Waals surface area (Å²) in [6, 6.07) is 6.38. The highest BCUT2D eigenvalue weighted by Gasteiger charge is 2.09. The van der Waals surface area contributed by atoms with E-state index in [1.165, 1.54) is 37.0 Å². The predicted octanol–water partition coefficient (Wildman–Crippen LogP) is 3.32. The minimum Gasteiger partial charge on any atom is -0.870 e. The highest BCUT2D eigenvalue weighted by Crippen LogP contribution is 2.17. The van der Waals surface area contributed by atoms with Crippen molar-refractivity contribution in [3.05, 3.63) is 36.2 Å². The van der Waals surface area contributed by atoms with Gasteiger partial charge in [-0.2, -0.15) is 0 Å². The lowest BCUT2D eigenvalue weighted by Crippen LogP contribution is -2.32. The molecular formula is C14H23NO. The summed E-state index contributed by atoms with van der Waals surface area (Å²) < 4.78 is 2.20. The third-order valence-corrected chi connectivity index (χ3v) is 2.78. The number of pyridine rings is 1. The minimum atomic E-state index is 0. The van der Waals surface area contributed by atoms with E-state index in [-0.39, 0.29) is 5.48 Å². The number of aromatic nitrogens is 1. The number of allylic oxidation sites excluding steroid dienone is 2. The molecule has 1 N–H and O–H groups in total. The van der Waals surface area contributed by atoms with E-state index in [2.05, 4.69) is 55.9 Å². The van der Waals surface area contributed by atoms with Crippen LogP contribution in [-0.4, -0.2) is 5.48 Å². The quantitative estimate of drug-likeness (QED) is 0.554. The van der Waals surface area contributed by atoms with Gasteiger partial charge in [-0.3, -0.25) is 0 Å². The molecule has 16 heavy (non-hydrogen) atoms. The molecule has 0 radical (unpaired) electrons. The third kappa shape index (κ3) is 4.15. The van der Waals surface area contributed by atoms with Crippen LogP contribution >= 0.6 is 0 Å². The summed E-state index contributed by atoms with van der Waals surface area (Å²) in [6.45, 7) is 4.38. The van der Waals surface area contributed by atoms with Gasteiger partial charge in [0.05, 0.1) is 0 Å². The van der Waals surface area contributed by atoms with E-state index in [0.29, 0.717) is 0 Å². The van der Waals surface area contributed by atoms with Gasteiger partial charge in [-0.25, -0.2) is 4.57 Å². The van der Waals surface area contributed by atoms with Crippen LogP contribution < -0.4 is 4.57 Å². The zero-order chi connectivity index (χ0) is 11.1. The van der Waals surface area contributed by atoms with Crippen LogP contribution in [0.15, 0.2) is 30.5 Å². The van der Waals surface area contributed by atoms with Gasteiger partial charge in [0, 0.05) is 17.7 Å². The van der Waals surface area contributed by atoms with Crippen molar-refractivity contribution in [2.75, 3.05) is 0 Å². The molecule has 0 aliphatic heterocycles. The third-order valence-electron chi connectivity index (χ3n) is 2.78. The number of rotatable bonds is 5. The molecule has 0 fully saturated rings. The summed E-state index contributed by atoms with van der Waals surface area (Å²) in [6.07, 6.45) is 9.46. The van der Waals surface area contributed by atoms with Gasteiger partial charge in [0.1, 0.15) is 7.05 Å². The van der Waals surface area contributed by atoms with Crippen LogP contribution in [0.2, 0.25) is 0 Å². The second kappa shape index (κ2) is 8.05. The largest absolute Gasteiger partial charge is 0.870 e. The Labute approximate surface area is 98.9 Å². The van der Waals surface area contributed by atoms with Gasteiger partial charge in [0.15, 0.2) is 6.20 Å². The number of unbranched alkanes of at least 4 members (excludes halogenated alkanes) is 2. The monoisotopic (exact) mass is 221 g/mol. The van der Waals surface area contributed by atoms with E-state index in [9.17, 15) is 0 Å². The Morgan fingerprint density at radius 3 is 2.62 bits per heavy atom. The molecule has 0 saturated heterocycles. The number of nitrogens with zero attached hydrogens (tertiary/aromatic N) is 1. The topological polar surface area (TPSA) is 33.9 Å². The molecule has 1 rings (SSSR count). The standard InChI is InChI=1S/C14H22N.H2O/c1-4-6-7-10-13(5-2)14-11-8-9-12-15(14)3;/h5,8-9,11-12H,4,6-7,10H2,1-3H3;1H2/q+1;/p-1. The first kappa shape index (κ1) is 14.8. The number of hydrogen-bond acceptors (Lipinski definition) is 1. The second-order valence-corrected chi connectivity index (χ2v) is 3.97. The molecule has 1 heterocycles. The van der Waals surface area contributed by atoms with Crippen LogP contribution in [0.1, 0.15) is 45.2 Å². The maximum absolute atomic E-state index is 2.25. The van der Waals surface area contributed by atoms with Gasteiger partial charge in [-0.05, 0) is 25.8 Å². The van der Waals surface area contributed by atoms with Gasteiger partial charge < -0.3 is 5.48 Å². The first-order chi connectivity index (χ1) is 7.29. The Bertz CT molecular complexity index is 331. The zero-order valence-electron chi connectivity index (χ0n) is 10.6. The van der Waals surface area contributed by atoms with Crippen molar-refractivity contribution in [2.24, 2.45) is 7.05 Å². The van der Waals surface area contributed by atoms with Crippen molar-refractivity contribution in [2.45, 2.75) is 39.5 Å². The molecule has 0 amide bonds. The summed E-state index contributed by atoms with van der Waals surface area (Å²) in [4.78, 5) is 0. The minimum absolute atomic E-state index is 0. The molecule has 0 spiro atoms. The van der Waals surface area contributed by atoms with Crippen molar-refractivity contribution in [1.29, 1.82) is 0 Å². The van der Waals surface area contributed by atoms with Crippen LogP contribution in [0.3, 0.4) is 0 Å². The summed E-state index contributed by atoms with van der Waals surface area (Å²) in [7, 11) is 2.11. The maximum Gasteiger partial charge on any atom is 0.207 e. The normalized spacial score (nSPS) is 11.1. The summed E-state index contributed by atoms with van der Waals surface area (Å²) in [5, 5.41) is 0. The smallest absolute Gasteiger partial charge is 0.207 e. The summed E-state index contributed by atoms with van der Waals surface area (Å²) in [5.41, 5.74) is 2.81. The fourth-order valence-electron chi connectivity index (χ4n) is 1.84. The van der Waals surface area contributed by atoms with Gasteiger partial charge in [0.2, 0.25) is 5.69 Å². The van der Waals surface area contributed by atoms with Crippen molar-refractivity contribution in [3.8, 4) is 0 Å². The van der Waals surface area contributed by atoms with E-state index in [1.54, 1.807) is 0 Å². The lowest BCUT2D eigenvalue weighted by atomic mass is 10.0. The SMILES string of the molecule is CC=C(CCCCC)c1cccc[n+]1C.[OH-]. The van der Waals surface area contributed by atoms with Crippen molar-refractivity contribution >= 4 is 5.57 Å². The van der Waals surface area contributed by atoms with Crippen LogP contribution in [-0.2, 0) is 7.05 Å². The van der Waals surface area contributed by atoms with E-state index in [0.717, 1.165) is 0 Å². The van der Waals surface area contributed by atoms with Crippen LogP contribution in [0.25, 0.3) is 5.57 Å². The molecule has 0 aliphatic carbocycles. The second-order valence-electron chi connectivity index (χ2n) is 3.97. The molecule has 90 valence electrons. The lowest BCUT2D eigenvalue weighted by molar-refractivity contribution is -0.673. The van der Waals surface area contributed by atoms with E-state index >= 15 is 0 Å². The zero-order valence-corrected chi connectivity index (χ0v) is 10.6. The number of hydrogen-bond donors (Lipinski definition) is 0. The molecule has 2 heteroatoms. The van der Waals surface area contributed by atoms with Gasteiger partial charge in [-0.15, -0.1) is 0 Å². The number of aryl methyl sites for hydroxylation is 1.